The number of hydrogen-bond acceptors (Lipinski definition) is 3. The number of hydrogen-bond donors (Lipinski definition) is 2. The lowest BCUT2D eigenvalue weighted by molar-refractivity contribution is 0.0502. The number of aliphatic hydroxyl groups is 2. The van der Waals surface area contributed by atoms with E-state index in [2.05, 4.69) is 20.8 Å². The molecule has 1 aliphatic heterocycles. The van der Waals surface area contributed by atoms with Crippen LogP contribution in [0.3, 0.4) is 0 Å². The smallest absolute Gasteiger partial charge is 0.252 e. The van der Waals surface area contributed by atoms with E-state index in [1.807, 2.05) is 26.8 Å². The Balaban J connectivity index is 2.52. The van der Waals surface area contributed by atoms with Gasteiger partial charge in [-0.25, -0.2) is 0 Å². The highest BCUT2D eigenvalue weighted by atomic mass is 16.8. The minimum absolute atomic E-state index is 0.0838. The standard InChI is InChI=1S/C14H22O3/c1-11(2,3)9-7-10(12(4,5)6)14(16)13(15,8-9)17-14/h7-8,15-16H,1-6H3. The van der Waals surface area contributed by atoms with Crippen LogP contribution in [-0.4, -0.2) is 21.8 Å². The monoisotopic (exact) mass is 238 g/mol. The Morgan fingerprint density at radius 3 is 1.94 bits per heavy atom. The van der Waals surface area contributed by atoms with E-state index in [1.54, 1.807) is 6.08 Å². The third-order valence-electron chi connectivity index (χ3n) is 3.44. The molecule has 0 bridgehead atoms. The van der Waals surface area contributed by atoms with Crippen LogP contribution in [0.5, 0.6) is 0 Å². The summed E-state index contributed by atoms with van der Waals surface area (Å²) in [5, 5.41) is 20.5. The average Bonchev–Trinajstić information content (AvgIpc) is 2.62. The summed E-state index contributed by atoms with van der Waals surface area (Å²) in [6, 6.07) is 0. The summed E-state index contributed by atoms with van der Waals surface area (Å²) < 4.78 is 5.18. The van der Waals surface area contributed by atoms with E-state index in [0.717, 1.165) is 11.1 Å². The second-order valence-electron chi connectivity index (χ2n) is 7.10. The molecule has 17 heavy (non-hydrogen) atoms. The van der Waals surface area contributed by atoms with Crippen molar-refractivity contribution in [3.8, 4) is 0 Å². The van der Waals surface area contributed by atoms with Crippen molar-refractivity contribution in [1.29, 1.82) is 0 Å². The second-order valence-corrected chi connectivity index (χ2v) is 7.10. The maximum Gasteiger partial charge on any atom is 0.252 e. The molecule has 2 atom stereocenters. The van der Waals surface area contributed by atoms with Crippen LogP contribution in [0, 0.1) is 10.8 Å². The highest BCUT2D eigenvalue weighted by molar-refractivity contribution is 5.47. The van der Waals surface area contributed by atoms with Crippen LogP contribution in [0.25, 0.3) is 0 Å². The zero-order valence-corrected chi connectivity index (χ0v) is 11.5. The first kappa shape index (κ1) is 12.8. The quantitative estimate of drug-likeness (QED) is 0.637. The van der Waals surface area contributed by atoms with E-state index < -0.39 is 11.6 Å². The van der Waals surface area contributed by atoms with Gasteiger partial charge in [0.05, 0.1) is 0 Å². The Kier molecular flexibility index (Phi) is 2.28. The van der Waals surface area contributed by atoms with E-state index in [-0.39, 0.29) is 10.8 Å². The Morgan fingerprint density at radius 2 is 1.53 bits per heavy atom. The van der Waals surface area contributed by atoms with Gasteiger partial charge in [-0.05, 0) is 22.5 Å². The van der Waals surface area contributed by atoms with Gasteiger partial charge in [-0.15, -0.1) is 0 Å². The maximum absolute atomic E-state index is 10.3. The third kappa shape index (κ3) is 1.77. The van der Waals surface area contributed by atoms with Gasteiger partial charge in [0.2, 0.25) is 5.79 Å². The molecule has 0 amide bonds. The molecule has 2 aliphatic rings. The van der Waals surface area contributed by atoms with Crippen molar-refractivity contribution < 1.29 is 14.9 Å². The molecule has 0 aromatic heterocycles. The lowest BCUT2D eigenvalue weighted by Gasteiger charge is -2.32. The fraction of sp³-hybridized carbons (Fsp3) is 0.714. The Hall–Kier alpha value is -0.640. The molecule has 0 aromatic rings. The van der Waals surface area contributed by atoms with Crippen LogP contribution in [-0.2, 0) is 4.74 Å². The summed E-state index contributed by atoms with van der Waals surface area (Å²) in [7, 11) is 0. The first-order chi connectivity index (χ1) is 7.40. The molecular formula is C14H22O3. The van der Waals surface area contributed by atoms with Gasteiger partial charge in [0, 0.05) is 5.57 Å². The highest BCUT2D eigenvalue weighted by Gasteiger charge is 2.73. The molecule has 1 saturated heterocycles. The highest BCUT2D eigenvalue weighted by Crippen LogP contribution is 2.58. The molecule has 96 valence electrons. The van der Waals surface area contributed by atoms with Gasteiger partial charge < -0.3 is 10.2 Å². The van der Waals surface area contributed by atoms with Gasteiger partial charge in [0.15, 0.2) is 0 Å². The van der Waals surface area contributed by atoms with Crippen molar-refractivity contribution in [3.05, 3.63) is 23.3 Å². The van der Waals surface area contributed by atoms with Gasteiger partial charge in [-0.3, -0.25) is 4.74 Å². The number of fused-ring (bicyclic) bond motifs is 1. The molecule has 2 rings (SSSR count). The van der Waals surface area contributed by atoms with Crippen molar-refractivity contribution in [2.24, 2.45) is 10.8 Å². The maximum atomic E-state index is 10.3. The summed E-state index contributed by atoms with van der Waals surface area (Å²) in [5.74, 6) is -3.06. The number of rotatable bonds is 0. The minimum atomic E-state index is -1.53. The van der Waals surface area contributed by atoms with Crippen LogP contribution in [0.4, 0.5) is 0 Å². The van der Waals surface area contributed by atoms with E-state index >= 15 is 0 Å². The number of epoxide rings is 1. The number of allylic oxidation sites excluding steroid dienone is 2. The summed E-state index contributed by atoms with van der Waals surface area (Å²) >= 11 is 0. The van der Waals surface area contributed by atoms with Gasteiger partial charge in [-0.1, -0.05) is 47.6 Å². The fourth-order valence-corrected chi connectivity index (χ4v) is 2.24. The van der Waals surface area contributed by atoms with Gasteiger partial charge in [-0.2, -0.15) is 0 Å². The van der Waals surface area contributed by atoms with Gasteiger partial charge in [0.1, 0.15) is 0 Å². The van der Waals surface area contributed by atoms with E-state index in [0.29, 0.717) is 0 Å². The zero-order valence-electron chi connectivity index (χ0n) is 11.5. The van der Waals surface area contributed by atoms with Gasteiger partial charge >= 0.3 is 0 Å². The van der Waals surface area contributed by atoms with Crippen molar-refractivity contribution in [1.82, 2.24) is 0 Å². The SMILES string of the molecule is CC(C)(C)C1=CC2(O)OC2(O)C(C(C)(C)C)=C1. The topological polar surface area (TPSA) is 53.0 Å². The molecular weight excluding hydrogens is 216 g/mol. The van der Waals surface area contributed by atoms with Crippen LogP contribution < -0.4 is 0 Å². The van der Waals surface area contributed by atoms with E-state index in [4.69, 9.17) is 4.74 Å². The first-order valence-corrected chi connectivity index (χ1v) is 6.01. The summed E-state index contributed by atoms with van der Waals surface area (Å²) in [5.41, 5.74) is 1.40. The molecule has 2 unspecified atom stereocenters. The van der Waals surface area contributed by atoms with Crippen LogP contribution in [0.2, 0.25) is 0 Å². The first-order valence-electron chi connectivity index (χ1n) is 6.01. The molecule has 1 heterocycles. The largest absolute Gasteiger partial charge is 0.358 e. The molecule has 1 fully saturated rings. The molecule has 3 nitrogen and oxygen atoms in total. The summed E-state index contributed by atoms with van der Waals surface area (Å²) in [4.78, 5) is 0. The Bertz CT molecular complexity index is 420. The van der Waals surface area contributed by atoms with Crippen LogP contribution in [0.15, 0.2) is 23.3 Å². The second kappa shape index (κ2) is 3.02. The Labute approximate surface area is 103 Å². The van der Waals surface area contributed by atoms with Gasteiger partial charge in [0.25, 0.3) is 5.79 Å². The van der Waals surface area contributed by atoms with Crippen LogP contribution >= 0.6 is 0 Å². The van der Waals surface area contributed by atoms with E-state index in [9.17, 15) is 10.2 Å². The molecule has 0 spiro atoms. The molecule has 0 saturated carbocycles. The summed E-state index contributed by atoms with van der Waals surface area (Å²) in [6.07, 6.45) is 3.59. The molecule has 2 N–H and O–H groups in total. The lowest BCUT2D eigenvalue weighted by Crippen LogP contribution is -2.36. The minimum Gasteiger partial charge on any atom is -0.358 e. The predicted octanol–water partition coefficient (Wildman–Crippen LogP) is 2.35. The zero-order chi connectivity index (χ0) is 13.3. The molecule has 1 aliphatic carbocycles. The van der Waals surface area contributed by atoms with Crippen molar-refractivity contribution in [3.63, 3.8) is 0 Å². The molecule has 0 aromatic carbocycles. The molecule has 0 radical (unpaired) electrons. The third-order valence-corrected chi connectivity index (χ3v) is 3.44. The van der Waals surface area contributed by atoms with Crippen LogP contribution in [0.1, 0.15) is 41.5 Å². The van der Waals surface area contributed by atoms with E-state index in [1.165, 1.54) is 0 Å². The predicted molar refractivity (Wildman–Crippen MR) is 66.1 cm³/mol. The molecule has 3 heteroatoms. The average molecular weight is 238 g/mol. The van der Waals surface area contributed by atoms with Crippen molar-refractivity contribution in [2.45, 2.75) is 53.1 Å². The van der Waals surface area contributed by atoms with Crippen molar-refractivity contribution in [2.75, 3.05) is 0 Å². The summed E-state index contributed by atoms with van der Waals surface area (Å²) in [6.45, 7) is 12.2. The fourth-order valence-electron chi connectivity index (χ4n) is 2.24. The number of ether oxygens (including phenoxy) is 1. The normalized spacial score (nSPS) is 37.2. The Morgan fingerprint density at radius 1 is 1.00 bits per heavy atom. The van der Waals surface area contributed by atoms with Crippen molar-refractivity contribution >= 4 is 0 Å². The lowest BCUT2D eigenvalue weighted by atomic mass is 9.73.